The molecule has 0 saturated carbocycles. The van der Waals surface area contributed by atoms with Crippen LogP contribution in [0.1, 0.15) is 19.4 Å². The van der Waals surface area contributed by atoms with Crippen molar-refractivity contribution in [1.29, 1.82) is 0 Å². The van der Waals surface area contributed by atoms with Gasteiger partial charge in [-0.3, -0.25) is 4.79 Å². The Labute approximate surface area is 119 Å². The zero-order valence-corrected chi connectivity index (χ0v) is 11.9. The third-order valence-corrected chi connectivity index (χ3v) is 3.28. The third-order valence-electron chi connectivity index (χ3n) is 3.28. The molecule has 0 unspecified atom stereocenters. The monoisotopic (exact) mass is 270 g/mol. The number of benzene rings is 2. The van der Waals surface area contributed by atoms with E-state index >= 15 is 0 Å². The zero-order valence-electron chi connectivity index (χ0n) is 11.9. The average molecular weight is 270 g/mol. The second-order valence-corrected chi connectivity index (χ2v) is 5.06. The maximum Gasteiger partial charge on any atom is 0.321 e. The highest BCUT2D eigenvalue weighted by Gasteiger charge is 2.31. The summed E-state index contributed by atoms with van der Waals surface area (Å²) in [4.78, 5) is 12.3. The molecule has 104 valence electrons. The van der Waals surface area contributed by atoms with Crippen molar-refractivity contribution in [3.63, 3.8) is 0 Å². The molecule has 0 aromatic heterocycles. The first-order chi connectivity index (χ1) is 9.54. The van der Waals surface area contributed by atoms with Gasteiger partial charge in [0.15, 0.2) is 0 Å². The molecule has 0 amide bonds. The molecule has 0 N–H and O–H groups in total. The average Bonchev–Trinajstić information content (AvgIpc) is 2.49. The number of esters is 1. The van der Waals surface area contributed by atoms with Crippen LogP contribution in [0, 0.1) is 0 Å². The van der Waals surface area contributed by atoms with Gasteiger partial charge in [-0.1, -0.05) is 30.3 Å². The predicted molar refractivity (Wildman–Crippen MR) is 78.1 cm³/mol. The first-order valence-electron chi connectivity index (χ1n) is 6.46. The Morgan fingerprint density at radius 3 is 2.00 bits per heavy atom. The lowest BCUT2D eigenvalue weighted by molar-refractivity contribution is -0.139. The quantitative estimate of drug-likeness (QED) is 0.629. The molecule has 0 atom stereocenters. The van der Waals surface area contributed by atoms with Gasteiger partial charge in [0.1, 0.15) is 11.5 Å². The van der Waals surface area contributed by atoms with Crippen LogP contribution in [0.15, 0.2) is 54.6 Å². The Kier molecular flexibility index (Phi) is 4.08. The van der Waals surface area contributed by atoms with Gasteiger partial charge in [0.05, 0.1) is 12.5 Å². The van der Waals surface area contributed by atoms with E-state index in [4.69, 9.17) is 9.47 Å². The number of hydrogen-bond donors (Lipinski definition) is 0. The molecule has 0 radical (unpaired) electrons. The van der Waals surface area contributed by atoms with Crippen LogP contribution < -0.4 is 9.47 Å². The minimum atomic E-state index is -0.693. The van der Waals surface area contributed by atoms with Crippen LogP contribution in [-0.2, 0) is 10.2 Å². The van der Waals surface area contributed by atoms with Gasteiger partial charge in [0.2, 0.25) is 0 Å². The van der Waals surface area contributed by atoms with Crippen molar-refractivity contribution >= 4 is 5.97 Å². The summed E-state index contributed by atoms with van der Waals surface area (Å²) in [5.74, 6) is 0.959. The number of methoxy groups -OCH3 is 1. The molecule has 0 spiro atoms. The van der Waals surface area contributed by atoms with E-state index in [2.05, 4.69) is 0 Å². The lowest BCUT2D eigenvalue weighted by Gasteiger charge is -2.22. The van der Waals surface area contributed by atoms with Gasteiger partial charge in [-0.2, -0.15) is 0 Å². The third kappa shape index (κ3) is 2.99. The Balaban J connectivity index is 2.14. The van der Waals surface area contributed by atoms with Crippen molar-refractivity contribution in [3.8, 4) is 11.5 Å². The number of carbonyl (C=O) groups is 1. The molecule has 0 heterocycles. The highest BCUT2D eigenvalue weighted by Crippen LogP contribution is 2.26. The van der Waals surface area contributed by atoms with Crippen molar-refractivity contribution in [2.75, 3.05) is 7.11 Å². The molecule has 0 saturated heterocycles. The van der Waals surface area contributed by atoms with Gasteiger partial charge in [-0.25, -0.2) is 0 Å². The molecule has 2 rings (SSSR count). The molecule has 0 aliphatic heterocycles. The van der Waals surface area contributed by atoms with Gasteiger partial charge in [-0.05, 0) is 43.7 Å². The van der Waals surface area contributed by atoms with E-state index in [1.807, 2.05) is 44.2 Å². The summed E-state index contributed by atoms with van der Waals surface area (Å²) in [6.45, 7) is 3.71. The highest BCUT2D eigenvalue weighted by molar-refractivity contribution is 5.84. The Morgan fingerprint density at radius 2 is 1.45 bits per heavy atom. The summed E-state index contributed by atoms with van der Waals surface area (Å²) in [7, 11) is 1.60. The Morgan fingerprint density at radius 1 is 0.900 bits per heavy atom. The lowest BCUT2D eigenvalue weighted by atomic mass is 9.85. The van der Waals surface area contributed by atoms with Gasteiger partial charge in [0.25, 0.3) is 0 Å². The van der Waals surface area contributed by atoms with Crippen LogP contribution in [-0.4, -0.2) is 13.1 Å². The first kappa shape index (κ1) is 14.1. The summed E-state index contributed by atoms with van der Waals surface area (Å²) in [5.41, 5.74) is 0.236. The second kappa shape index (κ2) is 5.78. The minimum absolute atomic E-state index is 0.283. The van der Waals surface area contributed by atoms with Gasteiger partial charge in [-0.15, -0.1) is 0 Å². The normalized spacial score (nSPS) is 10.9. The number of ether oxygens (including phenoxy) is 2. The van der Waals surface area contributed by atoms with Gasteiger partial charge >= 0.3 is 5.97 Å². The number of hydrogen-bond acceptors (Lipinski definition) is 3. The summed E-state index contributed by atoms with van der Waals surface area (Å²) in [6.07, 6.45) is 0. The SMILES string of the molecule is COc1ccc(OC(=O)C(C)(C)c2ccccc2)cc1. The molecule has 0 aliphatic rings. The van der Waals surface area contributed by atoms with Gasteiger partial charge in [0, 0.05) is 0 Å². The highest BCUT2D eigenvalue weighted by atomic mass is 16.5. The van der Waals surface area contributed by atoms with E-state index in [-0.39, 0.29) is 5.97 Å². The molecule has 2 aromatic carbocycles. The van der Waals surface area contributed by atoms with Crippen LogP contribution in [0.3, 0.4) is 0 Å². The van der Waals surface area contributed by atoms with E-state index in [0.29, 0.717) is 5.75 Å². The van der Waals surface area contributed by atoms with Crippen molar-refractivity contribution in [2.24, 2.45) is 0 Å². The van der Waals surface area contributed by atoms with E-state index in [1.54, 1.807) is 31.4 Å². The van der Waals surface area contributed by atoms with E-state index < -0.39 is 5.41 Å². The van der Waals surface area contributed by atoms with Crippen LogP contribution in [0.25, 0.3) is 0 Å². The molecular weight excluding hydrogens is 252 g/mol. The Bertz CT molecular complexity index is 571. The molecule has 20 heavy (non-hydrogen) atoms. The molecule has 3 heteroatoms. The van der Waals surface area contributed by atoms with Gasteiger partial charge < -0.3 is 9.47 Å². The van der Waals surface area contributed by atoms with E-state index in [1.165, 1.54) is 0 Å². The number of rotatable bonds is 4. The molecule has 2 aromatic rings. The minimum Gasteiger partial charge on any atom is -0.497 e. The zero-order chi connectivity index (χ0) is 14.6. The summed E-state index contributed by atoms with van der Waals surface area (Å²) >= 11 is 0. The lowest BCUT2D eigenvalue weighted by Crippen LogP contribution is -2.33. The smallest absolute Gasteiger partial charge is 0.321 e. The van der Waals surface area contributed by atoms with Crippen molar-refractivity contribution in [1.82, 2.24) is 0 Å². The second-order valence-electron chi connectivity index (χ2n) is 5.06. The van der Waals surface area contributed by atoms with Crippen LogP contribution in [0.4, 0.5) is 0 Å². The summed E-state index contributed by atoms with van der Waals surface area (Å²) in [6, 6.07) is 16.6. The fourth-order valence-electron chi connectivity index (χ4n) is 1.85. The van der Waals surface area contributed by atoms with Crippen molar-refractivity contribution in [3.05, 3.63) is 60.2 Å². The molecule has 3 nitrogen and oxygen atoms in total. The standard InChI is InChI=1S/C17H18O3/c1-17(2,13-7-5-4-6-8-13)16(18)20-15-11-9-14(19-3)10-12-15/h4-12H,1-3H3. The first-order valence-corrected chi connectivity index (χ1v) is 6.46. The summed E-state index contributed by atoms with van der Waals surface area (Å²) < 4.78 is 10.5. The fraction of sp³-hybridized carbons (Fsp3) is 0.235. The fourth-order valence-corrected chi connectivity index (χ4v) is 1.85. The van der Waals surface area contributed by atoms with Crippen molar-refractivity contribution in [2.45, 2.75) is 19.3 Å². The molecule has 0 fully saturated rings. The topological polar surface area (TPSA) is 35.5 Å². The van der Waals surface area contributed by atoms with Crippen LogP contribution in [0.2, 0.25) is 0 Å². The maximum absolute atomic E-state index is 12.3. The van der Waals surface area contributed by atoms with Crippen molar-refractivity contribution < 1.29 is 14.3 Å². The number of carbonyl (C=O) groups excluding carboxylic acids is 1. The van der Waals surface area contributed by atoms with E-state index in [0.717, 1.165) is 11.3 Å². The summed E-state index contributed by atoms with van der Waals surface area (Å²) in [5, 5.41) is 0. The predicted octanol–water partition coefficient (Wildman–Crippen LogP) is 3.58. The molecular formula is C17H18O3. The van der Waals surface area contributed by atoms with E-state index in [9.17, 15) is 4.79 Å². The van der Waals surface area contributed by atoms with Crippen LogP contribution in [0.5, 0.6) is 11.5 Å². The Hall–Kier alpha value is -2.29. The largest absolute Gasteiger partial charge is 0.497 e. The molecule has 0 bridgehead atoms. The molecule has 0 aliphatic carbocycles. The maximum atomic E-state index is 12.3. The van der Waals surface area contributed by atoms with Crippen LogP contribution >= 0.6 is 0 Å².